The highest BCUT2D eigenvalue weighted by atomic mass is 16.6. The second-order valence-corrected chi connectivity index (χ2v) is 24.5. The predicted molar refractivity (Wildman–Crippen MR) is 340 cm³/mol. The van der Waals surface area contributed by atoms with E-state index in [1.54, 1.807) is 0 Å². The molecule has 0 aliphatic rings. The van der Waals surface area contributed by atoms with Crippen LogP contribution >= 0.6 is 0 Å². The van der Waals surface area contributed by atoms with Crippen molar-refractivity contribution in [2.45, 2.75) is 419 Å². The molecule has 0 fully saturated rings. The third-order valence-electron chi connectivity index (χ3n) is 16.5. The number of rotatable bonds is 67. The summed E-state index contributed by atoms with van der Waals surface area (Å²) in [5.74, 6) is -0.828. The van der Waals surface area contributed by atoms with Crippen molar-refractivity contribution in [1.29, 1.82) is 0 Å². The van der Waals surface area contributed by atoms with Crippen LogP contribution in [0.15, 0.2) is 12.2 Å². The molecule has 6 nitrogen and oxygen atoms in total. The Hall–Kier alpha value is -1.85. The molecule has 0 spiro atoms. The Balaban J connectivity index is 4.28. The number of hydrogen-bond donors (Lipinski definition) is 0. The highest BCUT2D eigenvalue weighted by molar-refractivity contribution is 5.71. The highest BCUT2D eigenvalue weighted by Gasteiger charge is 2.19. The summed E-state index contributed by atoms with van der Waals surface area (Å²) in [6, 6.07) is 0. The summed E-state index contributed by atoms with van der Waals surface area (Å²) in [7, 11) is 0. The SMILES string of the molecule is CCCCCCCCCC/C=C\CCCCCCCCCCCC(=O)OC(COC(=O)CCCCCCCCCCCCCCCCCCC)COC(=O)CCCCCCCCCCCCCCCCCCCCCCCC. The van der Waals surface area contributed by atoms with Gasteiger partial charge in [-0.15, -0.1) is 0 Å². The van der Waals surface area contributed by atoms with Crippen LogP contribution in [0.5, 0.6) is 0 Å². The summed E-state index contributed by atoms with van der Waals surface area (Å²) in [4.78, 5) is 38.5. The van der Waals surface area contributed by atoms with Gasteiger partial charge in [-0.3, -0.25) is 14.4 Å². The average molecular weight is 1100 g/mol. The average Bonchev–Trinajstić information content (AvgIpc) is 3.44. The van der Waals surface area contributed by atoms with Crippen LogP contribution < -0.4 is 0 Å². The fraction of sp³-hybridized carbons (Fsp3) is 0.931. The van der Waals surface area contributed by atoms with Crippen molar-refractivity contribution >= 4 is 17.9 Å². The molecule has 0 aliphatic carbocycles. The molecule has 0 radical (unpaired) electrons. The molecule has 0 rings (SSSR count). The predicted octanol–water partition coefficient (Wildman–Crippen LogP) is 24.4. The standard InChI is InChI=1S/C72H138O6/c1-4-7-10-13-16-19-22-25-28-31-33-35-37-38-41-44-47-50-53-56-59-62-65-71(74)77-68-69(67-76-70(73)64-61-58-55-52-49-46-43-40-30-27-24-21-18-15-12-9-6-3)78-72(75)66-63-60-57-54-51-48-45-42-39-36-34-32-29-26-23-20-17-14-11-8-5-2/h32,34,69H,4-31,33,35-68H2,1-3H3/b34-32-. The first-order chi connectivity index (χ1) is 38.5. The molecule has 0 aromatic heterocycles. The van der Waals surface area contributed by atoms with Gasteiger partial charge in [-0.25, -0.2) is 0 Å². The van der Waals surface area contributed by atoms with E-state index >= 15 is 0 Å². The monoisotopic (exact) mass is 1100 g/mol. The van der Waals surface area contributed by atoms with Gasteiger partial charge in [-0.2, -0.15) is 0 Å². The summed E-state index contributed by atoms with van der Waals surface area (Å²) < 4.78 is 17.0. The molecule has 0 N–H and O–H groups in total. The summed E-state index contributed by atoms with van der Waals surface area (Å²) >= 11 is 0. The fourth-order valence-electron chi connectivity index (χ4n) is 11.2. The van der Waals surface area contributed by atoms with Crippen molar-refractivity contribution in [2.75, 3.05) is 13.2 Å². The third kappa shape index (κ3) is 65.0. The maximum Gasteiger partial charge on any atom is 0.306 e. The van der Waals surface area contributed by atoms with E-state index in [0.29, 0.717) is 19.3 Å². The van der Waals surface area contributed by atoms with E-state index in [0.717, 1.165) is 57.8 Å². The van der Waals surface area contributed by atoms with Gasteiger partial charge in [0.05, 0.1) is 0 Å². The van der Waals surface area contributed by atoms with Crippen molar-refractivity contribution in [3.63, 3.8) is 0 Å². The van der Waals surface area contributed by atoms with Crippen LogP contribution in [-0.2, 0) is 28.6 Å². The van der Waals surface area contributed by atoms with Gasteiger partial charge in [0.2, 0.25) is 0 Å². The van der Waals surface area contributed by atoms with Crippen LogP contribution in [-0.4, -0.2) is 37.2 Å². The molecule has 0 aromatic rings. The van der Waals surface area contributed by atoms with Crippen LogP contribution in [0, 0.1) is 0 Å². The third-order valence-corrected chi connectivity index (χ3v) is 16.5. The first-order valence-corrected chi connectivity index (χ1v) is 35.7. The highest BCUT2D eigenvalue weighted by Crippen LogP contribution is 2.19. The van der Waals surface area contributed by atoms with E-state index in [9.17, 15) is 14.4 Å². The topological polar surface area (TPSA) is 78.9 Å². The van der Waals surface area contributed by atoms with E-state index in [-0.39, 0.29) is 31.1 Å². The summed E-state index contributed by atoms with van der Waals surface area (Å²) in [5.41, 5.74) is 0. The van der Waals surface area contributed by atoms with E-state index in [1.807, 2.05) is 0 Å². The van der Waals surface area contributed by atoms with Gasteiger partial charge in [0.25, 0.3) is 0 Å². The molecular weight excluding hydrogens is 961 g/mol. The van der Waals surface area contributed by atoms with E-state index in [1.165, 1.54) is 315 Å². The second kappa shape index (κ2) is 67.7. The Kier molecular flexibility index (Phi) is 66.0. The molecule has 6 heteroatoms. The number of carbonyl (C=O) groups excluding carboxylic acids is 3. The van der Waals surface area contributed by atoms with Crippen molar-refractivity contribution < 1.29 is 28.6 Å². The lowest BCUT2D eigenvalue weighted by molar-refractivity contribution is -0.167. The zero-order chi connectivity index (χ0) is 56.4. The lowest BCUT2D eigenvalue weighted by atomic mass is 10.0. The number of esters is 3. The maximum atomic E-state index is 13.0. The molecule has 462 valence electrons. The summed E-state index contributed by atoms with van der Waals surface area (Å²) in [6.45, 7) is 6.74. The Bertz CT molecular complexity index is 1210. The lowest BCUT2D eigenvalue weighted by Crippen LogP contribution is -2.30. The number of ether oxygens (including phenoxy) is 3. The molecular formula is C72H138O6. The van der Waals surface area contributed by atoms with Crippen LogP contribution in [0.3, 0.4) is 0 Å². The van der Waals surface area contributed by atoms with Crippen molar-refractivity contribution in [3.05, 3.63) is 12.2 Å². The molecule has 1 atom stereocenters. The Morgan fingerprint density at radius 1 is 0.244 bits per heavy atom. The minimum absolute atomic E-state index is 0.0636. The van der Waals surface area contributed by atoms with Crippen LogP contribution in [0.25, 0.3) is 0 Å². The van der Waals surface area contributed by atoms with E-state index in [4.69, 9.17) is 14.2 Å². The number of allylic oxidation sites excluding steroid dienone is 2. The van der Waals surface area contributed by atoms with Gasteiger partial charge in [0.1, 0.15) is 13.2 Å². The van der Waals surface area contributed by atoms with Crippen molar-refractivity contribution in [3.8, 4) is 0 Å². The Morgan fingerprint density at radius 3 is 0.641 bits per heavy atom. The molecule has 0 saturated carbocycles. The molecule has 0 saturated heterocycles. The number of unbranched alkanes of at least 4 members (excludes halogenated alkanes) is 54. The van der Waals surface area contributed by atoms with E-state index in [2.05, 4.69) is 32.9 Å². The van der Waals surface area contributed by atoms with Gasteiger partial charge in [-0.1, -0.05) is 360 Å². The fourth-order valence-corrected chi connectivity index (χ4v) is 11.2. The Morgan fingerprint density at radius 2 is 0.423 bits per heavy atom. The molecule has 0 aromatic carbocycles. The van der Waals surface area contributed by atoms with Gasteiger partial charge >= 0.3 is 17.9 Å². The van der Waals surface area contributed by atoms with Crippen LogP contribution in [0.4, 0.5) is 0 Å². The normalized spacial score (nSPS) is 12.0. The van der Waals surface area contributed by atoms with Crippen molar-refractivity contribution in [1.82, 2.24) is 0 Å². The first kappa shape index (κ1) is 76.1. The molecule has 78 heavy (non-hydrogen) atoms. The largest absolute Gasteiger partial charge is 0.462 e. The second-order valence-electron chi connectivity index (χ2n) is 24.5. The van der Waals surface area contributed by atoms with Gasteiger partial charge in [0.15, 0.2) is 6.10 Å². The molecule has 0 amide bonds. The zero-order valence-corrected chi connectivity index (χ0v) is 53.2. The molecule has 0 aliphatic heterocycles. The number of hydrogen-bond acceptors (Lipinski definition) is 6. The number of carbonyl (C=O) groups is 3. The lowest BCUT2D eigenvalue weighted by Gasteiger charge is -2.18. The quantitative estimate of drug-likeness (QED) is 0.0261. The zero-order valence-electron chi connectivity index (χ0n) is 53.2. The van der Waals surface area contributed by atoms with E-state index < -0.39 is 6.10 Å². The molecule has 0 heterocycles. The minimum atomic E-state index is -0.768. The van der Waals surface area contributed by atoms with Crippen LogP contribution in [0.2, 0.25) is 0 Å². The van der Waals surface area contributed by atoms with Gasteiger partial charge in [-0.05, 0) is 44.9 Å². The first-order valence-electron chi connectivity index (χ1n) is 35.7. The molecule has 1 unspecified atom stereocenters. The minimum Gasteiger partial charge on any atom is -0.462 e. The summed E-state index contributed by atoms with van der Waals surface area (Å²) in [6.07, 6.45) is 80.9. The summed E-state index contributed by atoms with van der Waals surface area (Å²) in [5, 5.41) is 0. The molecule has 0 bridgehead atoms. The maximum absolute atomic E-state index is 13.0. The Labute approximate surface area is 488 Å². The van der Waals surface area contributed by atoms with Gasteiger partial charge < -0.3 is 14.2 Å². The smallest absolute Gasteiger partial charge is 0.306 e. The van der Waals surface area contributed by atoms with Gasteiger partial charge in [0, 0.05) is 19.3 Å². The van der Waals surface area contributed by atoms with Crippen molar-refractivity contribution in [2.24, 2.45) is 0 Å². The van der Waals surface area contributed by atoms with Crippen LogP contribution in [0.1, 0.15) is 412 Å².